The summed E-state index contributed by atoms with van der Waals surface area (Å²) >= 11 is 6.00. The number of carbonyl (C=O) groups is 2. The largest absolute Gasteiger partial charge is 0.463 e. The minimum absolute atomic E-state index is 0.0903. The highest BCUT2D eigenvalue weighted by Gasteiger charge is 2.38. The van der Waals surface area contributed by atoms with Gasteiger partial charge in [0.2, 0.25) is 5.60 Å². The molecule has 2 rings (SSSR count). The minimum atomic E-state index is -1.60. The van der Waals surface area contributed by atoms with Crippen molar-refractivity contribution in [1.82, 2.24) is 9.13 Å². The molecule has 0 aliphatic heterocycles. The Morgan fingerprint density at radius 3 is 2.40 bits per heavy atom. The lowest BCUT2D eigenvalue weighted by Crippen LogP contribution is -2.41. The van der Waals surface area contributed by atoms with Crippen LogP contribution in [-0.4, -0.2) is 33.3 Å². The Morgan fingerprint density at radius 1 is 1.20 bits per heavy atom. The van der Waals surface area contributed by atoms with Gasteiger partial charge in [-0.25, -0.2) is 23.3 Å². The summed E-state index contributed by atoms with van der Waals surface area (Å²) in [5.74, 6) is -2.76. The molecule has 8 nitrogen and oxygen atoms in total. The summed E-state index contributed by atoms with van der Waals surface area (Å²) in [6.07, 6.45) is 0.112. The zero-order valence-electron chi connectivity index (χ0n) is 17.2. The zero-order chi connectivity index (χ0) is 22.8. The van der Waals surface area contributed by atoms with E-state index in [9.17, 15) is 23.6 Å². The van der Waals surface area contributed by atoms with Gasteiger partial charge in [-0.15, -0.1) is 0 Å². The standard InChI is InChI=1S/C20H22ClFN2O6/c1-6-20(4,18(27)29-7-2)30-17(26)12-9-15(14(22)10-13(12)21)24-16(25)8-11(3)23(5)19(24)28/h8-10H,6-7H2,1-5H3. The number of ether oxygens (including phenoxy) is 2. The fraction of sp³-hybridized carbons (Fsp3) is 0.400. The van der Waals surface area contributed by atoms with E-state index in [1.165, 1.54) is 14.0 Å². The molecule has 0 fully saturated rings. The van der Waals surface area contributed by atoms with Crippen LogP contribution in [0, 0.1) is 12.7 Å². The number of benzene rings is 1. The first-order valence-corrected chi connectivity index (χ1v) is 9.54. The molecule has 1 aromatic carbocycles. The van der Waals surface area contributed by atoms with Crippen molar-refractivity contribution in [1.29, 1.82) is 0 Å². The number of aryl methyl sites for hydroxylation is 1. The molecule has 1 aromatic heterocycles. The molecule has 0 aliphatic rings. The van der Waals surface area contributed by atoms with Gasteiger partial charge in [0.15, 0.2) is 0 Å². The predicted octanol–water partition coefficient (Wildman–Crippen LogP) is 2.53. The van der Waals surface area contributed by atoms with Gasteiger partial charge in [0.05, 0.1) is 22.9 Å². The Morgan fingerprint density at radius 2 is 1.83 bits per heavy atom. The molecule has 0 radical (unpaired) electrons. The van der Waals surface area contributed by atoms with Crippen molar-refractivity contribution in [3.63, 3.8) is 0 Å². The van der Waals surface area contributed by atoms with E-state index in [-0.39, 0.29) is 23.6 Å². The normalized spacial score (nSPS) is 12.9. The first-order chi connectivity index (χ1) is 14.0. The highest BCUT2D eigenvalue weighted by Crippen LogP contribution is 2.26. The van der Waals surface area contributed by atoms with Gasteiger partial charge in [-0.1, -0.05) is 18.5 Å². The number of halogens is 2. The van der Waals surface area contributed by atoms with Crippen LogP contribution in [0.2, 0.25) is 5.02 Å². The van der Waals surface area contributed by atoms with Crippen LogP contribution in [0.25, 0.3) is 5.69 Å². The van der Waals surface area contributed by atoms with E-state index >= 15 is 0 Å². The van der Waals surface area contributed by atoms with Gasteiger partial charge in [-0.05, 0) is 39.3 Å². The van der Waals surface area contributed by atoms with E-state index in [2.05, 4.69) is 0 Å². The van der Waals surface area contributed by atoms with Crippen molar-refractivity contribution in [3.8, 4) is 5.69 Å². The molecule has 30 heavy (non-hydrogen) atoms. The molecule has 10 heteroatoms. The highest BCUT2D eigenvalue weighted by atomic mass is 35.5. The topological polar surface area (TPSA) is 96.6 Å². The molecule has 1 atom stereocenters. The van der Waals surface area contributed by atoms with Gasteiger partial charge < -0.3 is 14.0 Å². The molecule has 0 bridgehead atoms. The molecule has 0 N–H and O–H groups in total. The van der Waals surface area contributed by atoms with Crippen LogP contribution in [0.15, 0.2) is 27.8 Å². The number of hydrogen-bond acceptors (Lipinski definition) is 6. The lowest BCUT2D eigenvalue weighted by Gasteiger charge is -2.26. The number of rotatable bonds is 6. The average Bonchev–Trinajstić information content (AvgIpc) is 2.67. The Kier molecular flexibility index (Phi) is 6.87. The third-order valence-corrected chi connectivity index (χ3v) is 5.07. The van der Waals surface area contributed by atoms with Gasteiger partial charge in [0.25, 0.3) is 5.56 Å². The molecule has 0 saturated heterocycles. The first-order valence-electron chi connectivity index (χ1n) is 9.16. The fourth-order valence-corrected chi connectivity index (χ4v) is 2.85. The van der Waals surface area contributed by atoms with Gasteiger partial charge in [0, 0.05) is 18.8 Å². The molecule has 0 amide bonds. The number of esters is 2. The van der Waals surface area contributed by atoms with Gasteiger partial charge >= 0.3 is 17.6 Å². The van der Waals surface area contributed by atoms with Crippen LogP contribution in [-0.2, 0) is 21.3 Å². The SMILES string of the molecule is CCOC(=O)C(C)(CC)OC(=O)c1cc(-n2c(=O)cc(C)n(C)c2=O)c(F)cc1Cl. The monoisotopic (exact) mass is 440 g/mol. The predicted molar refractivity (Wildman–Crippen MR) is 108 cm³/mol. The third kappa shape index (κ3) is 4.30. The molecule has 0 saturated carbocycles. The first kappa shape index (κ1) is 23.3. The molecule has 1 unspecified atom stereocenters. The fourth-order valence-electron chi connectivity index (χ4n) is 2.62. The van der Waals surface area contributed by atoms with E-state index in [1.807, 2.05) is 0 Å². The minimum Gasteiger partial charge on any atom is -0.463 e. The number of hydrogen-bond donors (Lipinski definition) is 0. The van der Waals surface area contributed by atoms with Crippen molar-refractivity contribution < 1.29 is 23.5 Å². The Balaban J connectivity index is 2.60. The lowest BCUT2D eigenvalue weighted by molar-refractivity contribution is -0.164. The van der Waals surface area contributed by atoms with Gasteiger partial charge in [0.1, 0.15) is 5.82 Å². The van der Waals surface area contributed by atoms with E-state index < -0.39 is 40.3 Å². The molecule has 0 spiro atoms. The second-order valence-corrected chi connectivity index (χ2v) is 7.19. The molecular formula is C20H22ClFN2O6. The van der Waals surface area contributed by atoms with Crippen LogP contribution >= 0.6 is 11.6 Å². The molecule has 0 aliphatic carbocycles. The zero-order valence-corrected chi connectivity index (χ0v) is 18.0. The van der Waals surface area contributed by atoms with Crippen molar-refractivity contribution in [2.75, 3.05) is 6.61 Å². The average molecular weight is 441 g/mol. The Hall–Kier alpha value is -2.94. The van der Waals surface area contributed by atoms with Crippen molar-refractivity contribution >= 4 is 23.5 Å². The number of aromatic nitrogens is 2. The summed E-state index contributed by atoms with van der Waals surface area (Å²) in [4.78, 5) is 49.7. The summed E-state index contributed by atoms with van der Waals surface area (Å²) in [6.45, 7) is 6.25. The second-order valence-electron chi connectivity index (χ2n) is 6.78. The van der Waals surface area contributed by atoms with Crippen molar-refractivity contribution in [2.24, 2.45) is 7.05 Å². The summed E-state index contributed by atoms with van der Waals surface area (Å²) in [6, 6.07) is 2.90. The Labute approximate surface area is 176 Å². The number of nitrogens with zero attached hydrogens (tertiary/aromatic N) is 2. The summed E-state index contributed by atoms with van der Waals surface area (Å²) in [5, 5.41) is -0.305. The van der Waals surface area contributed by atoms with Crippen LogP contribution in [0.1, 0.15) is 43.2 Å². The quantitative estimate of drug-likeness (QED) is 0.640. The van der Waals surface area contributed by atoms with E-state index in [0.717, 1.165) is 22.8 Å². The van der Waals surface area contributed by atoms with Crippen LogP contribution in [0.5, 0.6) is 0 Å². The Bertz CT molecular complexity index is 1120. The summed E-state index contributed by atoms with van der Waals surface area (Å²) in [5.41, 5.74) is -3.57. The molecular weight excluding hydrogens is 419 g/mol. The van der Waals surface area contributed by atoms with Crippen LogP contribution in [0.4, 0.5) is 4.39 Å². The maximum absolute atomic E-state index is 14.6. The maximum Gasteiger partial charge on any atom is 0.350 e. The van der Waals surface area contributed by atoms with E-state index in [0.29, 0.717) is 10.3 Å². The third-order valence-electron chi connectivity index (χ3n) is 4.76. The van der Waals surface area contributed by atoms with Crippen LogP contribution < -0.4 is 11.2 Å². The number of carbonyl (C=O) groups excluding carboxylic acids is 2. The molecule has 1 heterocycles. The van der Waals surface area contributed by atoms with Gasteiger partial charge in [-0.3, -0.25) is 4.79 Å². The summed E-state index contributed by atoms with van der Waals surface area (Å²) < 4.78 is 26.6. The highest BCUT2D eigenvalue weighted by molar-refractivity contribution is 6.33. The molecule has 2 aromatic rings. The smallest absolute Gasteiger partial charge is 0.350 e. The van der Waals surface area contributed by atoms with Crippen molar-refractivity contribution in [3.05, 3.63) is 61.1 Å². The van der Waals surface area contributed by atoms with E-state index in [1.54, 1.807) is 20.8 Å². The summed E-state index contributed by atoms with van der Waals surface area (Å²) in [7, 11) is 1.42. The maximum atomic E-state index is 14.6. The van der Waals surface area contributed by atoms with E-state index in [4.69, 9.17) is 21.1 Å². The molecule has 162 valence electrons. The van der Waals surface area contributed by atoms with Crippen LogP contribution in [0.3, 0.4) is 0 Å². The van der Waals surface area contributed by atoms with Crippen molar-refractivity contribution in [2.45, 2.75) is 39.7 Å². The van der Waals surface area contributed by atoms with Gasteiger partial charge in [-0.2, -0.15) is 0 Å². The second kappa shape index (κ2) is 8.83. The lowest BCUT2D eigenvalue weighted by atomic mass is 10.0.